The Hall–Kier alpha value is -2.66. The minimum absolute atomic E-state index is 0.422. The first-order valence-electron chi connectivity index (χ1n) is 7.84. The molecule has 0 spiro atoms. The summed E-state index contributed by atoms with van der Waals surface area (Å²) in [6, 6.07) is 15.9. The molecule has 0 saturated carbocycles. The molecule has 0 aliphatic heterocycles. The van der Waals surface area contributed by atoms with Gasteiger partial charge in [0.25, 0.3) is 5.91 Å². The largest absolute Gasteiger partial charge is 0.450 e. The van der Waals surface area contributed by atoms with Gasteiger partial charge in [-0.15, -0.1) is 0 Å². The molecule has 0 saturated heterocycles. The monoisotopic (exact) mass is 327 g/mol. The summed E-state index contributed by atoms with van der Waals surface area (Å²) in [5, 5.41) is 12.6. The summed E-state index contributed by atoms with van der Waals surface area (Å²) >= 11 is 0. The summed E-state index contributed by atoms with van der Waals surface area (Å²) < 4.78 is 5.04. The number of benzene rings is 2. The molecule has 5 nitrogen and oxygen atoms in total. The molecule has 2 rings (SSSR count). The normalized spacial score (nSPS) is 13.0. The molecular weight excluding hydrogens is 306 g/mol. The molecule has 24 heavy (non-hydrogen) atoms. The average Bonchev–Trinajstić information content (AvgIpc) is 2.62. The van der Waals surface area contributed by atoms with Gasteiger partial charge < -0.3 is 15.2 Å². The summed E-state index contributed by atoms with van der Waals surface area (Å²) in [6.07, 6.45) is -1.51. The van der Waals surface area contributed by atoms with Crippen molar-refractivity contribution in [2.75, 3.05) is 5.32 Å². The maximum atomic E-state index is 12.1. The van der Waals surface area contributed by atoms with Crippen molar-refractivity contribution in [1.29, 1.82) is 0 Å². The number of rotatable bonds is 6. The molecule has 2 N–H and O–H groups in total. The lowest BCUT2D eigenvalue weighted by Crippen LogP contribution is -2.31. The SMILES string of the molecule is CCc1ccc(NC(=O)[C@H](C)OC(=O)[C@H](O)c2ccccc2)cc1. The molecule has 2 aromatic rings. The van der Waals surface area contributed by atoms with E-state index in [1.54, 1.807) is 42.5 Å². The Balaban J connectivity index is 1.91. The molecule has 0 aliphatic rings. The quantitative estimate of drug-likeness (QED) is 0.800. The number of ether oxygens (including phenoxy) is 1. The predicted molar refractivity (Wildman–Crippen MR) is 91.4 cm³/mol. The molecule has 126 valence electrons. The van der Waals surface area contributed by atoms with Gasteiger partial charge in [0.05, 0.1) is 0 Å². The van der Waals surface area contributed by atoms with Crippen molar-refractivity contribution in [2.45, 2.75) is 32.5 Å². The standard InChI is InChI=1S/C19H21NO4/c1-3-14-9-11-16(12-10-14)20-18(22)13(2)24-19(23)17(21)15-7-5-4-6-8-15/h4-13,17,21H,3H2,1-2H3,(H,20,22)/t13-,17+/m0/s1. The van der Waals surface area contributed by atoms with Crippen LogP contribution in [-0.2, 0) is 20.7 Å². The third-order valence-corrected chi connectivity index (χ3v) is 3.63. The zero-order valence-electron chi connectivity index (χ0n) is 13.7. The van der Waals surface area contributed by atoms with Crippen molar-refractivity contribution < 1.29 is 19.4 Å². The smallest absolute Gasteiger partial charge is 0.340 e. The number of aryl methyl sites for hydroxylation is 1. The van der Waals surface area contributed by atoms with Gasteiger partial charge in [-0.3, -0.25) is 4.79 Å². The van der Waals surface area contributed by atoms with Gasteiger partial charge in [-0.1, -0.05) is 49.4 Å². The number of amides is 1. The second-order valence-electron chi connectivity index (χ2n) is 5.43. The van der Waals surface area contributed by atoms with Crippen LogP contribution in [0.4, 0.5) is 5.69 Å². The molecule has 2 atom stereocenters. The molecule has 0 aliphatic carbocycles. The van der Waals surface area contributed by atoms with E-state index in [0.717, 1.165) is 6.42 Å². The molecule has 0 aromatic heterocycles. The first-order chi connectivity index (χ1) is 11.5. The molecule has 0 heterocycles. The van der Waals surface area contributed by atoms with E-state index < -0.39 is 24.1 Å². The lowest BCUT2D eigenvalue weighted by atomic mass is 10.1. The highest BCUT2D eigenvalue weighted by molar-refractivity contribution is 5.95. The van der Waals surface area contributed by atoms with E-state index in [2.05, 4.69) is 5.32 Å². The van der Waals surface area contributed by atoms with E-state index in [1.165, 1.54) is 12.5 Å². The molecule has 0 unspecified atom stereocenters. The fourth-order valence-electron chi connectivity index (χ4n) is 2.13. The van der Waals surface area contributed by atoms with Crippen molar-refractivity contribution in [1.82, 2.24) is 0 Å². The van der Waals surface area contributed by atoms with Gasteiger partial charge in [0, 0.05) is 5.69 Å². The van der Waals surface area contributed by atoms with Crippen LogP contribution in [-0.4, -0.2) is 23.1 Å². The number of aliphatic hydroxyl groups excluding tert-OH is 1. The van der Waals surface area contributed by atoms with Crippen LogP contribution in [0.2, 0.25) is 0 Å². The lowest BCUT2D eigenvalue weighted by molar-refractivity contribution is -0.162. The fraction of sp³-hybridized carbons (Fsp3) is 0.263. The third kappa shape index (κ3) is 4.67. The van der Waals surface area contributed by atoms with E-state index >= 15 is 0 Å². The number of hydrogen-bond acceptors (Lipinski definition) is 4. The number of carbonyl (C=O) groups excluding carboxylic acids is 2. The molecule has 0 bridgehead atoms. The Labute approximate surface area is 141 Å². The Kier molecular flexibility index (Phi) is 6.09. The van der Waals surface area contributed by atoms with Gasteiger partial charge in [-0.2, -0.15) is 0 Å². The van der Waals surface area contributed by atoms with Crippen LogP contribution in [0, 0.1) is 0 Å². The zero-order valence-corrected chi connectivity index (χ0v) is 13.7. The molecule has 1 amide bonds. The van der Waals surface area contributed by atoms with Gasteiger partial charge in [-0.05, 0) is 36.6 Å². The number of carbonyl (C=O) groups is 2. The summed E-state index contributed by atoms with van der Waals surface area (Å²) in [5.41, 5.74) is 2.22. The molecular formula is C19H21NO4. The highest BCUT2D eigenvalue weighted by Gasteiger charge is 2.24. The van der Waals surface area contributed by atoms with E-state index in [-0.39, 0.29) is 0 Å². The van der Waals surface area contributed by atoms with Crippen LogP contribution in [0.3, 0.4) is 0 Å². The predicted octanol–water partition coefficient (Wildman–Crippen LogP) is 2.85. The number of aliphatic hydroxyl groups is 1. The Morgan fingerprint density at radius 3 is 2.29 bits per heavy atom. The second kappa shape index (κ2) is 8.26. The number of anilines is 1. The van der Waals surface area contributed by atoms with Crippen LogP contribution >= 0.6 is 0 Å². The van der Waals surface area contributed by atoms with Gasteiger partial charge >= 0.3 is 5.97 Å². The van der Waals surface area contributed by atoms with Crippen LogP contribution in [0.15, 0.2) is 54.6 Å². The highest BCUT2D eigenvalue weighted by Crippen LogP contribution is 2.15. The third-order valence-electron chi connectivity index (χ3n) is 3.63. The van der Waals surface area contributed by atoms with E-state index in [0.29, 0.717) is 11.3 Å². The van der Waals surface area contributed by atoms with Gasteiger partial charge in [0.2, 0.25) is 0 Å². The van der Waals surface area contributed by atoms with Crippen LogP contribution in [0.25, 0.3) is 0 Å². The molecule has 2 aromatic carbocycles. The Morgan fingerprint density at radius 2 is 1.71 bits per heavy atom. The van der Waals surface area contributed by atoms with Crippen LogP contribution < -0.4 is 5.32 Å². The van der Waals surface area contributed by atoms with Crippen LogP contribution in [0.5, 0.6) is 0 Å². The Morgan fingerprint density at radius 1 is 1.08 bits per heavy atom. The van der Waals surface area contributed by atoms with Gasteiger partial charge in [0.15, 0.2) is 12.2 Å². The molecule has 0 radical (unpaired) electrons. The minimum Gasteiger partial charge on any atom is -0.450 e. The summed E-state index contributed by atoms with van der Waals surface area (Å²) in [4.78, 5) is 24.0. The van der Waals surface area contributed by atoms with Crippen molar-refractivity contribution in [2.24, 2.45) is 0 Å². The van der Waals surface area contributed by atoms with Crippen molar-refractivity contribution >= 4 is 17.6 Å². The fourth-order valence-corrected chi connectivity index (χ4v) is 2.13. The number of hydrogen-bond donors (Lipinski definition) is 2. The van der Waals surface area contributed by atoms with Crippen molar-refractivity contribution in [3.05, 3.63) is 65.7 Å². The Bertz CT molecular complexity index is 682. The zero-order chi connectivity index (χ0) is 17.5. The van der Waals surface area contributed by atoms with E-state index in [4.69, 9.17) is 4.74 Å². The van der Waals surface area contributed by atoms with Gasteiger partial charge in [-0.25, -0.2) is 4.79 Å². The minimum atomic E-state index is -1.41. The summed E-state index contributed by atoms with van der Waals surface area (Å²) in [5.74, 6) is -1.31. The van der Waals surface area contributed by atoms with E-state index in [9.17, 15) is 14.7 Å². The maximum absolute atomic E-state index is 12.1. The number of nitrogens with one attached hydrogen (secondary N) is 1. The lowest BCUT2D eigenvalue weighted by Gasteiger charge is -2.16. The number of esters is 1. The maximum Gasteiger partial charge on any atom is 0.340 e. The first-order valence-corrected chi connectivity index (χ1v) is 7.84. The molecule has 5 heteroatoms. The second-order valence-corrected chi connectivity index (χ2v) is 5.43. The van der Waals surface area contributed by atoms with Crippen LogP contribution in [0.1, 0.15) is 31.1 Å². The van der Waals surface area contributed by atoms with Crippen molar-refractivity contribution in [3.63, 3.8) is 0 Å². The first kappa shape index (κ1) is 17.7. The topological polar surface area (TPSA) is 75.6 Å². The highest BCUT2D eigenvalue weighted by atomic mass is 16.6. The molecule has 0 fully saturated rings. The van der Waals surface area contributed by atoms with E-state index in [1.807, 2.05) is 19.1 Å². The van der Waals surface area contributed by atoms with Crippen molar-refractivity contribution in [3.8, 4) is 0 Å². The summed E-state index contributed by atoms with van der Waals surface area (Å²) in [6.45, 7) is 3.51. The van der Waals surface area contributed by atoms with Gasteiger partial charge in [0.1, 0.15) is 0 Å². The average molecular weight is 327 g/mol. The summed E-state index contributed by atoms with van der Waals surface area (Å²) in [7, 11) is 0.